The van der Waals surface area contributed by atoms with Crippen LogP contribution in [0.3, 0.4) is 0 Å². The molecule has 0 radical (unpaired) electrons. The Kier molecular flexibility index (Phi) is 7.11. The molecule has 0 amide bonds. The maximum atomic E-state index is 12.3. The van der Waals surface area contributed by atoms with E-state index in [1.54, 1.807) is 6.20 Å². The van der Waals surface area contributed by atoms with E-state index in [0.29, 0.717) is 6.61 Å². The van der Waals surface area contributed by atoms with Crippen LogP contribution in [0.5, 0.6) is 0 Å². The summed E-state index contributed by atoms with van der Waals surface area (Å²) in [5.74, 6) is 0. The lowest BCUT2D eigenvalue weighted by atomic mass is 10.2. The van der Waals surface area contributed by atoms with Crippen molar-refractivity contribution in [1.82, 2.24) is 4.57 Å². The zero-order chi connectivity index (χ0) is 23.4. The minimum atomic E-state index is -2.55. The second kappa shape index (κ2) is 9.47. The minimum absolute atomic E-state index is 0.0574. The first-order chi connectivity index (χ1) is 15.0. The van der Waals surface area contributed by atoms with Crippen molar-refractivity contribution in [1.29, 1.82) is 0 Å². The molecule has 0 saturated carbocycles. The predicted octanol–water partition coefficient (Wildman–Crippen LogP) is 5.39. The average molecular weight is 450 g/mol. The van der Waals surface area contributed by atoms with Crippen LogP contribution in [-0.2, 0) is 15.6 Å². The number of rotatable bonds is 6. The molecule has 2 aromatic carbocycles. The minimum Gasteiger partial charge on any atom is -0.443 e. The molecule has 0 spiro atoms. The van der Waals surface area contributed by atoms with Gasteiger partial charge in [-0.15, -0.1) is 0 Å². The number of carbonyl (C=O) groups excluding carboxylic acids is 1. The van der Waals surface area contributed by atoms with Gasteiger partial charge in [0, 0.05) is 19.0 Å². The highest BCUT2D eigenvalue weighted by molar-refractivity contribution is 6.99. The monoisotopic (exact) mass is 449 g/mol. The zero-order valence-electron chi connectivity index (χ0n) is 20.1. The molecular weight excluding hydrogens is 414 g/mol. The van der Waals surface area contributed by atoms with Crippen LogP contribution >= 0.6 is 0 Å². The highest BCUT2D eigenvalue weighted by atomic mass is 28.4. The van der Waals surface area contributed by atoms with Crippen molar-refractivity contribution in [2.45, 2.75) is 58.6 Å². The molecule has 170 valence electrons. The molecule has 0 unspecified atom stereocenters. The van der Waals surface area contributed by atoms with Gasteiger partial charge < -0.3 is 9.16 Å². The summed E-state index contributed by atoms with van der Waals surface area (Å²) in [6, 6.07) is 23.2. The van der Waals surface area contributed by atoms with Gasteiger partial charge in [0.1, 0.15) is 5.60 Å². The molecule has 0 fully saturated rings. The number of hydrogen-bond acceptors (Lipinski definition) is 3. The topological polar surface area (TPSA) is 40.5 Å². The van der Waals surface area contributed by atoms with Crippen molar-refractivity contribution in [2.75, 3.05) is 6.61 Å². The van der Waals surface area contributed by atoms with Gasteiger partial charge in [0.15, 0.2) is 0 Å². The van der Waals surface area contributed by atoms with Crippen LogP contribution < -0.4 is 10.4 Å². The molecule has 0 atom stereocenters. The number of nitrogens with zero attached hydrogens (tertiary/aromatic N) is 1. The lowest BCUT2D eigenvalue weighted by molar-refractivity contribution is 0.0537. The summed E-state index contributed by atoms with van der Waals surface area (Å²) >= 11 is 0. The fraction of sp³-hybridized carbons (Fsp3) is 0.370. The van der Waals surface area contributed by atoms with Crippen LogP contribution in [0, 0.1) is 0 Å². The molecule has 3 rings (SSSR count). The average Bonchev–Trinajstić information content (AvgIpc) is 3.20. The van der Waals surface area contributed by atoms with Gasteiger partial charge >= 0.3 is 6.09 Å². The van der Waals surface area contributed by atoms with Gasteiger partial charge in [-0.25, -0.2) is 4.79 Å². The van der Waals surface area contributed by atoms with E-state index in [2.05, 4.69) is 81.4 Å². The van der Waals surface area contributed by atoms with Crippen LogP contribution in [0.4, 0.5) is 4.79 Å². The third-order valence-corrected chi connectivity index (χ3v) is 10.5. The molecular formula is C27H35NO3Si. The summed E-state index contributed by atoms with van der Waals surface area (Å²) in [5.41, 5.74) is 0.530. The number of benzene rings is 2. The molecule has 0 aliphatic carbocycles. The number of aromatic nitrogens is 1. The Balaban J connectivity index is 1.84. The molecule has 3 aromatic rings. The van der Waals surface area contributed by atoms with Crippen molar-refractivity contribution < 1.29 is 14.0 Å². The molecule has 5 heteroatoms. The van der Waals surface area contributed by atoms with Crippen molar-refractivity contribution in [3.8, 4) is 0 Å². The van der Waals surface area contributed by atoms with Crippen LogP contribution in [0.25, 0.3) is 0 Å². The number of ether oxygens (including phenoxy) is 1. The Morgan fingerprint density at radius 1 is 0.844 bits per heavy atom. The molecule has 1 aromatic heterocycles. The molecule has 0 saturated heterocycles. The normalized spacial score (nSPS) is 12.6. The van der Waals surface area contributed by atoms with Crippen LogP contribution in [-0.4, -0.2) is 31.2 Å². The van der Waals surface area contributed by atoms with Gasteiger partial charge in [0.05, 0.1) is 0 Å². The van der Waals surface area contributed by atoms with E-state index in [1.807, 2.05) is 33.0 Å². The Labute approximate surface area is 193 Å². The molecule has 0 aliphatic heterocycles. The second-order valence-electron chi connectivity index (χ2n) is 10.2. The largest absolute Gasteiger partial charge is 0.443 e. The van der Waals surface area contributed by atoms with Gasteiger partial charge in [-0.2, -0.15) is 0 Å². The Bertz CT molecular complexity index is 975. The van der Waals surface area contributed by atoms with Crippen molar-refractivity contribution >= 4 is 24.8 Å². The Morgan fingerprint density at radius 3 is 1.84 bits per heavy atom. The molecule has 0 N–H and O–H groups in total. The van der Waals surface area contributed by atoms with Crippen molar-refractivity contribution in [2.24, 2.45) is 0 Å². The highest BCUT2D eigenvalue weighted by Crippen LogP contribution is 2.36. The van der Waals surface area contributed by atoms with E-state index in [1.165, 1.54) is 14.9 Å². The van der Waals surface area contributed by atoms with E-state index in [-0.39, 0.29) is 11.1 Å². The summed E-state index contributed by atoms with van der Waals surface area (Å²) in [5, 5.41) is 2.48. The van der Waals surface area contributed by atoms with Gasteiger partial charge in [-0.1, -0.05) is 81.4 Å². The van der Waals surface area contributed by atoms with E-state index in [4.69, 9.17) is 9.16 Å². The molecule has 32 heavy (non-hydrogen) atoms. The summed E-state index contributed by atoms with van der Waals surface area (Å²) in [7, 11) is -2.55. The zero-order valence-corrected chi connectivity index (χ0v) is 21.1. The van der Waals surface area contributed by atoms with Crippen molar-refractivity contribution in [3.05, 3.63) is 84.7 Å². The van der Waals surface area contributed by atoms with Crippen LogP contribution in [0.2, 0.25) is 5.04 Å². The maximum absolute atomic E-state index is 12.3. The summed E-state index contributed by atoms with van der Waals surface area (Å²) in [6.45, 7) is 13.0. The smallest absolute Gasteiger partial charge is 0.418 e. The predicted molar refractivity (Wildman–Crippen MR) is 133 cm³/mol. The fourth-order valence-corrected chi connectivity index (χ4v) is 8.66. The van der Waals surface area contributed by atoms with Crippen LogP contribution in [0.1, 0.15) is 47.1 Å². The van der Waals surface area contributed by atoms with Gasteiger partial charge in [0.2, 0.25) is 0 Å². The van der Waals surface area contributed by atoms with E-state index in [9.17, 15) is 4.79 Å². The fourth-order valence-electron chi connectivity index (χ4n) is 4.10. The highest BCUT2D eigenvalue weighted by Gasteiger charge is 2.49. The Hall–Kier alpha value is -2.63. The molecule has 4 nitrogen and oxygen atoms in total. The first-order valence-corrected chi connectivity index (χ1v) is 13.1. The van der Waals surface area contributed by atoms with Gasteiger partial charge in [0.25, 0.3) is 8.32 Å². The lowest BCUT2D eigenvalue weighted by Crippen LogP contribution is -2.66. The number of hydrogen-bond donors (Lipinski definition) is 0. The molecule has 1 heterocycles. The Morgan fingerprint density at radius 2 is 1.38 bits per heavy atom. The summed E-state index contributed by atoms with van der Waals surface area (Å²) < 4.78 is 13.9. The van der Waals surface area contributed by atoms with Gasteiger partial charge in [-0.3, -0.25) is 4.57 Å². The quantitative estimate of drug-likeness (QED) is 0.474. The third kappa shape index (κ3) is 5.40. The summed E-state index contributed by atoms with van der Waals surface area (Å²) in [4.78, 5) is 12.3. The standard InChI is InChI=1S/C27H35NO3Si/c1-26(2,3)31-25(29)28-19-17-22(21-28)18-20-30-32(27(4,5)6,23-13-9-7-10-14-23)24-15-11-8-12-16-24/h7-17,19,21H,18,20H2,1-6H3. The van der Waals surface area contributed by atoms with E-state index in [0.717, 1.165) is 12.0 Å². The maximum Gasteiger partial charge on any atom is 0.418 e. The third-order valence-electron chi connectivity index (χ3n) is 5.48. The first kappa shape index (κ1) is 24.0. The van der Waals surface area contributed by atoms with E-state index < -0.39 is 13.9 Å². The lowest BCUT2D eigenvalue weighted by Gasteiger charge is -2.43. The molecule has 0 aliphatic rings. The van der Waals surface area contributed by atoms with E-state index >= 15 is 0 Å². The second-order valence-corrected chi connectivity index (χ2v) is 14.5. The van der Waals surface area contributed by atoms with Gasteiger partial charge in [-0.05, 0) is 54.2 Å². The number of carbonyl (C=O) groups is 1. The molecule has 0 bridgehead atoms. The summed E-state index contributed by atoms with van der Waals surface area (Å²) in [6.07, 6.45) is 3.95. The van der Waals surface area contributed by atoms with Crippen molar-refractivity contribution in [3.63, 3.8) is 0 Å². The first-order valence-electron chi connectivity index (χ1n) is 11.2. The SMILES string of the molecule is CC(C)(C)OC(=O)n1ccc(CCO[Si](c2ccccc2)(c2ccccc2)C(C)(C)C)c1. The van der Waals surface area contributed by atoms with Crippen LogP contribution in [0.15, 0.2) is 79.1 Å².